The molecule has 0 aromatic heterocycles. The molecule has 0 atom stereocenters. The first-order chi connectivity index (χ1) is 14.5. The summed E-state index contributed by atoms with van der Waals surface area (Å²) in [5.41, 5.74) is 0.994. The zero-order chi connectivity index (χ0) is 21.3. The number of esters is 1. The van der Waals surface area contributed by atoms with E-state index in [1.165, 1.54) is 0 Å². The van der Waals surface area contributed by atoms with Crippen LogP contribution < -0.4 is 19.5 Å². The number of fused-ring (bicyclic) bond motifs is 1. The maximum Gasteiger partial charge on any atom is 0.306 e. The maximum absolute atomic E-state index is 12.2. The fourth-order valence-corrected chi connectivity index (χ4v) is 2.71. The third kappa shape index (κ3) is 5.97. The number of carbonyl (C=O) groups is 3. The van der Waals surface area contributed by atoms with Crippen LogP contribution in [0, 0.1) is 0 Å². The first-order valence-electron chi connectivity index (χ1n) is 9.66. The zero-order valence-corrected chi connectivity index (χ0v) is 16.6. The van der Waals surface area contributed by atoms with Gasteiger partial charge in [0.05, 0.1) is 13.0 Å². The number of hydrogen-bond donors (Lipinski definition) is 1. The summed E-state index contributed by atoms with van der Waals surface area (Å²) in [6, 6.07) is 11.7. The largest absolute Gasteiger partial charge is 0.494 e. The molecule has 2 aromatic carbocycles. The molecule has 3 rings (SSSR count). The lowest BCUT2D eigenvalue weighted by molar-refractivity contribution is -0.147. The van der Waals surface area contributed by atoms with Crippen LogP contribution in [0.5, 0.6) is 17.2 Å². The molecule has 8 heteroatoms. The highest BCUT2D eigenvalue weighted by Gasteiger charge is 2.15. The van der Waals surface area contributed by atoms with Gasteiger partial charge in [-0.05, 0) is 42.8 Å². The minimum Gasteiger partial charge on any atom is -0.494 e. The molecular formula is C22H23NO7. The van der Waals surface area contributed by atoms with E-state index in [1.54, 1.807) is 42.5 Å². The highest BCUT2D eigenvalue weighted by molar-refractivity contribution is 5.98. The monoisotopic (exact) mass is 413 g/mol. The average Bonchev–Trinajstić information content (AvgIpc) is 3.23. The van der Waals surface area contributed by atoms with Crippen molar-refractivity contribution in [2.45, 2.75) is 26.2 Å². The third-order valence-corrected chi connectivity index (χ3v) is 4.23. The van der Waals surface area contributed by atoms with Crippen LogP contribution in [0.15, 0.2) is 42.5 Å². The molecule has 30 heavy (non-hydrogen) atoms. The van der Waals surface area contributed by atoms with Crippen LogP contribution in [0.4, 0.5) is 5.69 Å². The highest BCUT2D eigenvalue weighted by atomic mass is 16.7. The second-order valence-electron chi connectivity index (χ2n) is 6.57. The van der Waals surface area contributed by atoms with Gasteiger partial charge >= 0.3 is 5.97 Å². The fraction of sp³-hybridized carbons (Fsp3) is 0.318. The Balaban J connectivity index is 1.38. The summed E-state index contributed by atoms with van der Waals surface area (Å²) in [6.45, 7) is 2.32. The molecule has 1 N–H and O–H groups in total. The Morgan fingerprint density at radius 2 is 1.77 bits per heavy atom. The second-order valence-corrected chi connectivity index (χ2v) is 6.57. The van der Waals surface area contributed by atoms with Gasteiger partial charge in [-0.2, -0.15) is 0 Å². The molecule has 158 valence electrons. The summed E-state index contributed by atoms with van der Waals surface area (Å²) < 4.78 is 20.8. The van der Waals surface area contributed by atoms with E-state index in [0.29, 0.717) is 35.1 Å². The molecule has 1 aliphatic rings. The maximum atomic E-state index is 12.2. The predicted octanol–water partition coefficient (Wildman–Crippen LogP) is 3.35. The van der Waals surface area contributed by atoms with Crippen LogP contribution in [-0.2, 0) is 14.3 Å². The van der Waals surface area contributed by atoms with Gasteiger partial charge in [0, 0.05) is 23.7 Å². The number of Topliss-reactive ketones (excluding diaryl/α,β-unsaturated/α-hetero) is 1. The lowest BCUT2D eigenvalue weighted by Gasteiger charge is -2.08. The van der Waals surface area contributed by atoms with Crippen molar-refractivity contribution in [1.82, 2.24) is 0 Å². The van der Waals surface area contributed by atoms with Crippen molar-refractivity contribution in [2.75, 3.05) is 25.3 Å². The molecule has 0 spiro atoms. The first-order valence-corrected chi connectivity index (χ1v) is 9.66. The highest BCUT2D eigenvalue weighted by Crippen LogP contribution is 2.34. The minimum atomic E-state index is -0.618. The van der Waals surface area contributed by atoms with Gasteiger partial charge in [-0.25, -0.2) is 0 Å². The van der Waals surface area contributed by atoms with E-state index < -0.39 is 18.5 Å². The van der Waals surface area contributed by atoms with Gasteiger partial charge in [0.2, 0.25) is 6.79 Å². The van der Waals surface area contributed by atoms with Crippen molar-refractivity contribution in [3.05, 3.63) is 48.0 Å². The van der Waals surface area contributed by atoms with Crippen molar-refractivity contribution in [3.63, 3.8) is 0 Å². The smallest absolute Gasteiger partial charge is 0.306 e. The van der Waals surface area contributed by atoms with E-state index >= 15 is 0 Å². The van der Waals surface area contributed by atoms with Crippen molar-refractivity contribution >= 4 is 23.3 Å². The van der Waals surface area contributed by atoms with Crippen molar-refractivity contribution in [3.8, 4) is 17.2 Å². The summed E-state index contributed by atoms with van der Waals surface area (Å²) in [5, 5.41) is 2.61. The molecule has 0 saturated heterocycles. The minimum absolute atomic E-state index is 0.00221. The van der Waals surface area contributed by atoms with Gasteiger partial charge in [-0.15, -0.1) is 0 Å². The van der Waals surface area contributed by atoms with E-state index in [-0.39, 0.29) is 25.4 Å². The lowest BCUT2D eigenvalue weighted by Crippen LogP contribution is -2.21. The number of ether oxygens (including phenoxy) is 4. The normalized spacial score (nSPS) is 11.6. The molecule has 2 aromatic rings. The molecule has 0 unspecified atom stereocenters. The zero-order valence-electron chi connectivity index (χ0n) is 16.6. The average molecular weight is 413 g/mol. The molecule has 8 nitrogen and oxygen atoms in total. The van der Waals surface area contributed by atoms with Gasteiger partial charge in [0.15, 0.2) is 23.9 Å². The molecule has 0 fully saturated rings. The Bertz CT molecular complexity index is 908. The van der Waals surface area contributed by atoms with Crippen LogP contribution in [0.25, 0.3) is 0 Å². The van der Waals surface area contributed by atoms with Crippen LogP contribution >= 0.6 is 0 Å². The SMILES string of the molecule is CCCOc1ccc(C(=O)CCC(=O)OCC(=O)Nc2ccc3c(c2)OCO3)cc1. The molecule has 1 heterocycles. The van der Waals surface area contributed by atoms with E-state index in [1.807, 2.05) is 6.92 Å². The number of rotatable bonds is 10. The standard InChI is InChI=1S/C22H23NO7/c1-2-11-27-17-6-3-15(4-7-17)18(24)8-10-22(26)28-13-21(25)23-16-5-9-19-20(12-16)30-14-29-19/h3-7,9,12H,2,8,10-11,13-14H2,1H3,(H,23,25). The Hall–Kier alpha value is -3.55. The molecular weight excluding hydrogens is 390 g/mol. The number of carbonyl (C=O) groups excluding carboxylic acids is 3. The van der Waals surface area contributed by atoms with Gasteiger partial charge in [0.1, 0.15) is 5.75 Å². The Morgan fingerprint density at radius 3 is 2.53 bits per heavy atom. The number of hydrogen-bond acceptors (Lipinski definition) is 7. The molecule has 1 amide bonds. The summed E-state index contributed by atoms with van der Waals surface area (Å²) in [7, 11) is 0. The summed E-state index contributed by atoms with van der Waals surface area (Å²) in [4.78, 5) is 36.0. The van der Waals surface area contributed by atoms with Gasteiger partial charge < -0.3 is 24.3 Å². The number of ketones is 1. The first kappa shape index (κ1) is 21.2. The van der Waals surface area contributed by atoms with Crippen molar-refractivity contribution in [1.29, 1.82) is 0 Å². The number of anilines is 1. The van der Waals surface area contributed by atoms with Crippen LogP contribution in [0.1, 0.15) is 36.5 Å². The Morgan fingerprint density at radius 1 is 1.00 bits per heavy atom. The van der Waals surface area contributed by atoms with Crippen LogP contribution in [0.3, 0.4) is 0 Å². The number of amides is 1. The number of benzene rings is 2. The van der Waals surface area contributed by atoms with Crippen molar-refractivity contribution < 1.29 is 33.3 Å². The molecule has 0 saturated carbocycles. The van der Waals surface area contributed by atoms with E-state index in [9.17, 15) is 14.4 Å². The van der Waals surface area contributed by atoms with E-state index in [2.05, 4.69) is 5.32 Å². The summed E-state index contributed by atoms with van der Waals surface area (Å²) in [5.74, 6) is 0.545. The molecule has 0 bridgehead atoms. The van der Waals surface area contributed by atoms with E-state index in [0.717, 1.165) is 6.42 Å². The van der Waals surface area contributed by atoms with Crippen molar-refractivity contribution in [2.24, 2.45) is 0 Å². The third-order valence-electron chi connectivity index (χ3n) is 4.23. The Labute approximate surface area is 174 Å². The van der Waals surface area contributed by atoms with Gasteiger partial charge in [-0.1, -0.05) is 6.92 Å². The number of nitrogens with one attached hydrogen (secondary N) is 1. The predicted molar refractivity (Wildman–Crippen MR) is 108 cm³/mol. The van der Waals surface area contributed by atoms with Gasteiger partial charge in [0.25, 0.3) is 5.91 Å². The van der Waals surface area contributed by atoms with E-state index in [4.69, 9.17) is 18.9 Å². The quantitative estimate of drug-likeness (QED) is 0.471. The molecule has 0 radical (unpaired) electrons. The fourth-order valence-electron chi connectivity index (χ4n) is 2.71. The second kappa shape index (κ2) is 10.3. The lowest BCUT2D eigenvalue weighted by atomic mass is 10.1. The summed E-state index contributed by atoms with van der Waals surface area (Å²) >= 11 is 0. The topological polar surface area (TPSA) is 100 Å². The Kier molecular flexibility index (Phi) is 7.26. The van der Waals surface area contributed by atoms with Crippen LogP contribution in [0.2, 0.25) is 0 Å². The van der Waals surface area contributed by atoms with Crippen LogP contribution in [-0.4, -0.2) is 37.7 Å². The summed E-state index contributed by atoms with van der Waals surface area (Å²) in [6.07, 6.45) is 0.791. The molecule has 1 aliphatic heterocycles. The molecule has 0 aliphatic carbocycles. The van der Waals surface area contributed by atoms with Gasteiger partial charge in [-0.3, -0.25) is 14.4 Å².